The summed E-state index contributed by atoms with van der Waals surface area (Å²) < 4.78 is 26.6. The molecule has 1 fully saturated rings. The van der Waals surface area contributed by atoms with Gasteiger partial charge in [-0.15, -0.1) is 0 Å². The zero-order valence-electron chi connectivity index (χ0n) is 10.9. The third-order valence-corrected chi connectivity index (χ3v) is 4.03. The molecule has 0 radical (unpaired) electrons. The summed E-state index contributed by atoms with van der Waals surface area (Å²) in [5, 5.41) is 3.35. The van der Waals surface area contributed by atoms with Gasteiger partial charge in [0.2, 0.25) is 0 Å². The summed E-state index contributed by atoms with van der Waals surface area (Å²) in [6.45, 7) is 0. The fourth-order valence-electron chi connectivity index (χ4n) is 2.98. The van der Waals surface area contributed by atoms with Crippen molar-refractivity contribution in [3.05, 3.63) is 35.4 Å². The molecule has 1 saturated carbocycles. The highest BCUT2D eigenvalue weighted by atomic mass is 19.1. The molecule has 18 heavy (non-hydrogen) atoms. The van der Waals surface area contributed by atoms with Crippen molar-refractivity contribution < 1.29 is 8.78 Å². The molecular formula is C15H21F2N. The summed E-state index contributed by atoms with van der Waals surface area (Å²) in [6, 6.07) is 4.38. The van der Waals surface area contributed by atoms with E-state index in [1.807, 2.05) is 7.05 Å². The molecule has 0 aromatic heterocycles. The topological polar surface area (TPSA) is 12.0 Å². The second-order valence-electron chi connectivity index (χ2n) is 5.23. The number of rotatable bonds is 3. The molecule has 3 heteroatoms. The van der Waals surface area contributed by atoms with Gasteiger partial charge < -0.3 is 5.32 Å². The SMILES string of the molecule is CNC1CCCCCC1Cc1ccc(F)cc1F. The van der Waals surface area contributed by atoms with Crippen molar-refractivity contribution in [2.75, 3.05) is 7.05 Å². The highest BCUT2D eigenvalue weighted by Gasteiger charge is 2.23. The Kier molecular flexibility index (Phi) is 4.70. The Morgan fingerprint density at radius 2 is 1.94 bits per heavy atom. The second kappa shape index (κ2) is 6.28. The van der Waals surface area contributed by atoms with Crippen molar-refractivity contribution in [2.45, 2.75) is 44.6 Å². The number of hydrogen-bond acceptors (Lipinski definition) is 1. The lowest BCUT2D eigenvalue weighted by molar-refractivity contribution is 0.346. The van der Waals surface area contributed by atoms with Crippen LogP contribution in [0.1, 0.15) is 37.7 Å². The minimum Gasteiger partial charge on any atom is -0.317 e. The van der Waals surface area contributed by atoms with Crippen LogP contribution in [0.25, 0.3) is 0 Å². The molecule has 2 rings (SSSR count). The number of nitrogens with one attached hydrogen (secondary N) is 1. The van der Waals surface area contributed by atoms with Gasteiger partial charge in [0.25, 0.3) is 0 Å². The van der Waals surface area contributed by atoms with Gasteiger partial charge in [0.05, 0.1) is 0 Å². The Morgan fingerprint density at radius 3 is 2.67 bits per heavy atom. The molecule has 0 heterocycles. The van der Waals surface area contributed by atoms with Crippen molar-refractivity contribution >= 4 is 0 Å². The zero-order valence-corrected chi connectivity index (χ0v) is 10.9. The first-order valence-electron chi connectivity index (χ1n) is 6.82. The summed E-state index contributed by atoms with van der Waals surface area (Å²) >= 11 is 0. The van der Waals surface area contributed by atoms with Crippen LogP contribution in [-0.4, -0.2) is 13.1 Å². The van der Waals surface area contributed by atoms with Crippen LogP contribution >= 0.6 is 0 Å². The van der Waals surface area contributed by atoms with Crippen LogP contribution in [0.2, 0.25) is 0 Å². The molecule has 2 atom stereocenters. The molecule has 1 aromatic carbocycles. The predicted molar refractivity (Wildman–Crippen MR) is 69.5 cm³/mol. The van der Waals surface area contributed by atoms with E-state index >= 15 is 0 Å². The largest absolute Gasteiger partial charge is 0.317 e. The molecule has 0 spiro atoms. The van der Waals surface area contributed by atoms with E-state index in [0.717, 1.165) is 18.9 Å². The van der Waals surface area contributed by atoms with E-state index in [0.29, 0.717) is 23.9 Å². The van der Waals surface area contributed by atoms with Crippen LogP contribution in [0.3, 0.4) is 0 Å². The van der Waals surface area contributed by atoms with Crippen molar-refractivity contribution in [2.24, 2.45) is 5.92 Å². The minimum atomic E-state index is -0.498. The van der Waals surface area contributed by atoms with Gasteiger partial charge in [-0.2, -0.15) is 0 Å². The first kappa shape index (κ1) is 13.5. The first-order valence-corrected chi connectivity index (χ1v) is 6.82. The minimum absolute atomic E-state index is 0.408. The molecule has 0 aliphatic heterocycles. The molecule has 0 amide bonds. The van der Waals surface area contributed by atoms with Gasteiger partial charge in [-0.25, -0.2) is 8.78 Å². The van der Waals surface area contributed by atoms with Gasteiger partial charge in [0.15, 0.2) is 0 Å². The average Bonchev–Trinajstić information content (AvgIpc) is 2.57. The third kappa shape index (κ3) is 3.29. The van der Waals surface area contributed by atoms with E-state index in [2.05, 4.69) is 5.32 Å². The fraction of sp³-hybridized carbons (Fsp3) is 0.600. The number of halogens is 2. The molecule has 0 saturated heterocycles. The van der Waals surface area contributed by atoms with Gasteiger partial charge in [0.1, 0.15) is 11.6 Å². The van der Waals surface area contributed by atoms with Crippen LogP contribution in [0.4, 0.5) is 8.78 Å². The summed E-state index contributed by atoms with van der Waals surface area (Å²) in [5.74, 6) is -0.450. The van der Waals surface area contributed by atoms with Gasteiger partial charge >= 0.3 is 0 Å². The predicted octanol–water partition coefficient (Wildman–Crippen LogP) is 3.68. The molecule has 1 N–H and O–H groups in total. The molecule has 2 unspecified atom stereocenters. The van der Waals surface area contributed by atoms with Crippen LogP contribution in [-0.2, 0) is 6.42 Å². The van der Waals surface area contributed by atoms with Gasteiger partial charge in [-0.3, -0.25) is 0 Å². The maximum absolute atomic E-state index is 13.7. The average molecular weight is 253 g/mol. The van der Waals surface area contributed by atoms with Crippen LogP contribution in [0.15, 0.2) is 18.2 Å². The van der Waals surface area contributed by atoms with E-state index in [4.69, 9.17) is 0 Å². The summed E-state index contributed by atoms with van der Waals surface area (Å²) in [4.78, 5) is 0. The molecule has 1 aliphatic carbocycles. The molecular weight excluding hydrogens is 232 g/mol. The number of benzene rings is 1. The molecule has 1 nitrogen and oxygen atoms in total. The van der Waals surface area contributed by atoms with Gasteiger partial charge in [-0.1, -0.05) is 25.3 Å². The Bertz CT molecular complexity index is 392. The van der Waals surface area contributed by atoms with Crippen LogP contribution in [0.5, 0.6) is 0 Å². The molecule has 100 valence electrons. The highest BCUT2D eigenvalue weighted by molar-refractivity contribution is 5.19. The quantitative estimate of drug-likeness (QED) is 0.810. The van der Waals surface area contributed by atoms with E-state index in [9.17, 15) is 8.78 Å². The zero-order chi connectivity index (χ0) is 13.0. The highest BCUT2D eigenvalue weighted by Crippen LogP contribution is 2.27. The number of hydrogen-bond donors (Lipinski definition) is 1. The van der Waals surface area contributed by atoms with Crippen molar-refractivity contribution in [3.8, 4) is 0 Å². The van der Waals surface area contributed by atoms with E-state index < -0.39 is 11.6 Å². The standard InChI is InChI=1S/C15H21F2N/c1-18-15-6-4-2-3-5-12(15)9-11-7-8-13(16)10-14(11)17/h7-8,10,12,15,18H,2-6,9H2,1H3. The maximum atomic E-state index is 13.7. The van der Waals surface area contributed by atoms with Gasteiger partial charge in [0, 0.05) is 12.1 Å². The first-order chi connectivity index (χ1) is 8.70. The Labute approximate surface area is 108 Å². The van der Waals surface area contributed by atoms with Crippen LogP contribution < -0.4 is 5.32 Å². The van der Waals surface area contributed by atoms with E-state index in [1.54, 1.807) is 6.07 Å². The summed E-state index contributed by atoms with van der Waals surface area (Å²) in [7, 11) is 1.98. The molecule has 1 aromatic rings. The Balaban J connectivity index is 2.10. The lowest BCUT2D eigenvalue weighted by Crippen LogP contribution is -2.34. The van der Waals surface area contributed by atoms with Gasteiger partial charge in [-0.05, 0) is 43.9 Å². The van der Waals surface area contributed by atoms with E-state index in [1.165, 1.54) is 25.3 Å². The Hall–Kier alpha value is -0.960. The van der Waals surface area contributed by atoms with Crippen molar-refractivity contribution in [3.63, 3.8) is 0 Å². The summed E-state index contributed by atoms with van der Waals surface area (Å²) in [5.41, 5.74) is 0.642. The third-order valence-electron chi connectivity index (χ3n) is 4.03. The second-order valence-corrected chi connectivity index (χ2v) is 5.23. The Morgan fingerprint density at radius 1 is 1.17 bits per heavy atom. The maximum Gasteiger partial charge on any atom is 0.129 e. The van der Waals surface area contributed by atoms with Crippen LogP contribution in [0, 0.1) is 17.6 Å². The molecule has 1 aliphatic rings. The monoisotopic (exact) mass is 253 g/mol. The normalized spacial score (nSPS) is 24.8. The van der Waals surface area contributed by atoms with Crippen molar-refractivity contribution in [1.29, 1.82) is 0 Å². The van der Waals surface area contributed by atoms with Crippen molar-refractivity contribution in [1.82, 2.24) is 5.32 Å². The molecule has 0 bridgehead atoms. The smallest absolute Gasteiger partial charge is 0.129 e. The lowest BCUT2D eigenvalue weighted by Gasteiger charge is -2.25. The summed E-state index contributed by atoms with van der Waals surface area (Å²) in [6.07, 6.45) is 6.71. The lowest BCUT2D eigenvalue weighted by atomic mass is 9.88. The van der Waals surface area contributed by atoms with E-state index in [-0.39, 0.29) is 0 Å². The fourth-order valence-corrected chi connectivity index (χ4v) is 2.98.